The van der Waals surface area contributed by atoms with E-state index in [1.165, 1.54) is 18.2 Å². The van der Waals surface area contributed by atoms with E-state index in [4.69, 9.17) is 0 Å². The van der Waals surface area contributed by atoms with Gasteiger partial charge < -0.3 is 0 Å². The van der Waals surface area contributed by atoms with Gasteiger partial charge in [0.05, 0.1) is 5.56 Å². The second-order valence-electron chi connectivity index (χ2n) is 3.81. The highest BCUT2D eigenvalue weighted by molar-refractivity contribution is 6.04. The molecule has 1 N–H and O–H groups in total. The van der Waals surface area contributed by atoms with E-state index in [1.54, 1.807) is 6.07 Å². The first-order valence-corrected chi connectivity index (χ1v) is 5.74. The van der Waals surface area contributed by atoms with Crippen LogP contribution in [0.25, 0.3) is 0 Å². The molecule has 0 heterocycles. The molecule has 0 aromatic heterocycles. The molecule has 0 bridgehead atoms. The van der Waals surface area contributed by atoms with E-state index in [2.05, 4.69) is 5.32 Å². The molecule has 0 unspecified atom stereocenters. The van der Waals surface area contributed by atoms with Crippen LogP contribution in [0.1, 0.15) is 43.0 Å². The van der Waals surface area contributed by atoms with Crippen molar-refractivity contribution in [1.29, 1.82) is 0 Å². The maximum Gasteiger partial charge on any atom is 0.260 e. The van der Waals surface area contributed by atoms with Gasteiger partial charge in [0, 0.05) is 6.42 Å². The van der Waals surface area contributed by atoms with Crippen LogP contribution in [-0.2, 0) is 4.79 Å². The molecule has 1 aromatic rings. The van der Waals surface area contributed by atoms with Crippen molar-refractivity contribution in [2.45, 2.75) is 32.6 Å². The zero-order valence-corrected chi connectivity index (χ0v) is 9.83. The van der Waals surface area contributed by atoms with Crippen molar-refractivity contribution >= 4 is 11.8 Å². The third kappa shape index (κ3) is 4.34. The average Bonchev–Trinajstić information content (AvgIpc) is 2.29. The molecular weight excluding hydrogens is 221 g/mol. The number of hydrogen-bond acceptors (Lipinski definition) is 2. The van der Waals surface area contributed by atoms with E-state index < -0.39 is 11.7 Å². The number of amides is 2. The number of imide groups is 1. The Hall–Kier alpha value is -1.71. The largest absolute Gasteiger partial charge is 0.292 e. The Bertz CT molecular complexity index is 404. The molecule has 0 aliphatic rings. The van der Waals surface area contributed by atoms with Crippen LogP contribution in [0.2, 0.25) is 0 Å². The van der Waals surface area contributed by atoms with E-state index in [0.29, 0.717) is 6.42 Å². The molecule has 17 heavy (non-hydrogen) atoms. The van der Waals surface area contributed by atoms with Gasteiger partial charge in [-0.15, -0.1) is 0 Å². The summed E-state index contributed by atoms with van der Waals surface area (Å²) in [5.41, 5.74) is -0.101. The number of unbranched alkanes of at least 4 members (excludes halogenated alkanes) is 2. The molecule has 0 aliphatic carbocycles. The second kappa shape index (κ2) is 6.78. The summed E-state index contributed by atoms with van der Waals surface area (Å²) in [7, 11) is 0. The Morgan fingerprint density at radius 1 is 1.24 bits per heavy atom. The Balaban J connectivity index is 2.49. The first kappa shape index (κ1) is 13.4. The second-order valence-corrected chi connectivity index (χ2v) is 3.81. The molecule has 0 spiro atoms. The molecule has 0 fully saturated rings. The first-order valence-electron chi connectivity index (χ1n) is 5.74. The van der Waals surface area contributed by atoms with Crippen LogP contribution < -0.4 is 5.32 Å². The third-order valence-electron chi connectivity index (χ3n) is 2.38. The maximum absolute atomic E-state index is 13.2. The van der Waals surface area contributed by atoms with Crippen LogP contribution in [-0.4, -0.2) is 11.8 Å². The van der Waals surface area contributed by atoms with Crippen LogP contribution in [0.3, 0.4) is 0 Å². The smallest absolute Gasteiger partial charge is 0.260 e. The molecule has 0 atom stereocenters. The Labute approximate surface area is 100 Å². The zero-order valence-electron chi connectivity index (χ0n) is 9.83. The van der Waals surface area contributed by atoms with Crippen molar-refractivity contribution in [3.8, 4) is 0 Å². The number of carbonyl (C=O) groups is 2. The first-order chi connectivity index (χ1) is 8.15. The quantitative estimate of drug-likeness (QED) is 0.800. The molecule has 3 nitrogen and oxygen atoms in total. The van der Waals surface area contributed by atoms with Gasteiger partial charge in [-0.3, -0.25) is 14.9 Å². The highest BCUT2D eigenvalue weighted by Crippen LogP contribution is 2.06. The maximum atomic E-state index is 13.2. The van der Waals surface area contributed by atoms with E-state index >= 15 is 0 Å². The molecule has 4 heteroatoms. The van der Waals surface area contributed by atoms with E-state index in [9.17, 15) is 14.0 Å². The normalized spacial score (nSPS) is 10.0. The van der Waals surface area contributed by atoms with Crippen molar-refractivity contribution in [1.82, 2.24) is 5.32 Å². The lowest BCUT2D eigenvalue weighted by Crippen LogP contribution is -2.30. The molecule has 1 aromatic carbocycles. The summed E-state index contributed by atoms with van der Waals surface area (Å²) < 4.78 is 13.2. The lowest BCUT2D eigenvalue weighted by Gasteiger charge is -2.04. The minimum absolute atomic E-state index is 0.101. The molecule has 92 valence electrons. The fraction of sp³-hybridized carbons (Fsp3) is 0.385. The van der Waals surface area contributed by atoms with Crippen molar-refractivity contribution in [2.75, 3.05) is 0 Å². The number of benzene rings is 1. The lowest BCUT2D eigenvalue weighted by molar-refractivity contribution is -0.120. The van der Waals surface area contributed by atoms with Crippen molar-refractivity contribution in [2.24, 2.45) is 0 Å². The fourth-order valence-corrected chi connectivity index (χ4v) is 1.44. The highest BCUT2D eigenvalue weighted by atomic mass is 19.1. The molecule has 0 radical (unpaired) electrons. The van der Waals surface area contributed by atoms with Gasteiger partial charge in [-0.1, -0.05) is 31.9 Å². The topological polar surface area (TPSA) is 46.2 Å². The number of halogens is 1. The van der Waals surface area contributed by atoms with Gasteiger partial charge in [0.25, 0.3) is 5.91 Å². The van der Waals surface area contributed by atoms with Gasteiger partial charge in [0.15, 0.2) is 0 Å². The monoisotopic (exact) mass is 237 g/mol. The predicted molar refractivity (Wildman–Crippen MR) is 63.0 cm³/mol. The van der Waals surface area contributed by atoms with Crippen LogP contribution in [0.5, 0.6) is 0 Å². The van der Waals surface area contributed by atoms with Crippen LogP contribution >= 0.6 is 0 Å². The van der Waals surface area contributed by atoms with Crippen molar-refractivity contribution in [3.05, 3.63) is 35.6 Å². The molecule has 0 saturated carbocycles. The summed E-state index contributed by atoms with van der Waals surface area (Å²) in [6, 6.07) is 5.59. The van der Waals surface area contributed by atoms with Crippen LogP contribution in [0.15, 0.2) is 24.3 Å². The van der Waals surface area contributed by atoms with Crippen molar-refractivity contribution < 1.29 is 14.0 Å². The van der Waals surface area contributed by atoms with Gasteiger partial charge in [0.2, 0.25) is 5.91 Å². The van der Waals surface area contributed by atoms with E-state index in [-0.39, 0.29) is 11.5 Å². The molecule has 0 aliphatic heterocycles. The minimum Gasteiger partial charge on any atom is -0.292 e. The van der Waals surface area contributed by atoms with Gasteiger partial charge in [-0.25, -0.2) is 4.39 Å². The van der Waals surface area contributed by atoms with Crippen LogP contribution in [0.4, 0.5) is 4.39 Å². The van der Waals surface area contributed by atoms with Gasteiger partial charge in [-0.2, -0.15) is 0 Å². The minimum atomic E-state index is -0.676. The zero-order chi connectivity index (χ0) is 12.7. The fourth-order valence-electron chi connectivity index (χ4n) is 1.44. The summed E-state index contributed by atoms with van der Waals surface area (Å²) in [5, 5.41) is 2.18. The number of hydrogen-bond donors (Lipinski definition) is 1. The summed E-state index contributed by atoms with van der Waals surface area (Å²) in [4.78, 5) is 22.9. The summed E-state index contributed by atoms with van der Waals surface area (Å²) >= 11 is 0. The van der Waals surface area contributed by atoms with E-state index in [0.717, 1.165) is 19.3 Å². The van der Waals surface area contributed by atoms with E-state index in [1.807, 2.05) is 6.92 Å². The number of nitrogens with one attached hydrogen (secondary N) is 1. The molecule has 2 amide bonds. The molecule has 1 rings (SSSR count). The highest BCUT2D eigenvalue weighted by Gasteiger charge is 2.13. The van der Waals surface area contributed by atoms with Gasteiger partial charge >= 0.3 is 0 Å². The SMILES string of the molecule is CCCCCC(=O)NC(=O)c1ccccc1F. The van der Waals surface area contributed by atoms with Crippen molar-refractivity contribution in [3.63, 3.8) is 0 Å². The third-order valence-corrected chi connectivity index (χ3v) is 2.38. The Morgan fingerprint density at radius 3 is 2.59 bits per heavy atom. The van der Waals surface area contributed by atoms with Gasteiger partial charge in [0.1, 0.15) is 5.82 Å². The standard InChI is InChI=1S/C13H16FNO2/c1-2-3-4-9-12(16)15-13(17)10-7-5-6-8-11(10)14/h5-8H,2-4,9H2,1H3,(H,15,16,17). The number of rotatable bonds is 5. The van der Waals surface area contributed by atoms with Gasteiger partial charge in [-0.05, 0) is 18.6 Å². The van der Waals surface area contributed by atoms with Crippen LogP contribution in [0, 0.1) is 5.82 Å². The lowest BCUT2D eigenvalue weighted by atomic mass is 10.1. The summed E-state index contributed by atoms with van der Waals surface area (Å²) in [6.07, 6.45) is 3.00. The predicted octanol–water partition coefficient (Wildman–Crippen LogP) is 2.66. The number of carbonyl (C=O) groups excluding carboxylic acids is 2. The summed E-state index contributed by atoms with van der Waals surface area (Å²) in [6.45, 7) is 2.03. The summed E-state index contributed by atoms with van der Waals surface area (Å²) in [5.74, 6) is -1.65. The molecule has 0 saturated heterocycles. The Morgan fingerprint density at radius 2 is 1.94 bits per heavy atom. The molecular formula is C13H16FNO2. The average molecular weight is 237 g/mol. The Kier molecular flexibility index (Phi) is 5.33.